The molecule has 2 aliphatic rings. The number of carbonyl (C=O) groups is 1. The van der Waals surface area contributed by atoms with Crippen LogP contribution < -0.4 is 9.21 Å². The van der Waals surface area contributed by atoms with E-state index < -0.39 is 10.0 Å². The van der Waals surface area contributed by atoms with E-state index in [0.717, 1.165) is 34.4 Å². The summed E-state index contributed by atoms with van der Waals surface area (Å²) in [6.07, 6.45) is 0.678. The van der Waals surface area contributed by atoms with Gasteiger partial charge in [-0.05, 0) is 66.9 Å². The average molecular weight is 597 g/mol. The van der Waals surface area contributed by atoms with Crippen LogP contribution in [0.15, 0.2) is 65.6 Å². The quantitative estimate of drug-likeness (QED) is 0.299. The molecule has 11 heteroatoms. The molecule has 1 fully saturated rings. The van der Waals surface area contributed by atoms with E-state index in [0.29, 0.717) is 60.7 Å². The van der Waals surface area contributed by atoms with Gasteiger partial charge in [0.25, 0.3) is 15.9 Å². The predicted molar refractivity (Wildman–Crippen MR) is 159 cm³/mol. The van der Waals surface area contributed by atoms with Crippen LogP contribution in [0.3, 0.4) is 0 Å². The van der Waals surface area contributed by atoms with Gasteiger partial charge in [0.2, 0.25) is 0 Å². The maximum atomic E-state index is 13.9. The topological polar surface area (TPSA) is 83.0 Å². The number of carbonyl (C=O) groups excluding carboxylic acids is 1. The van der Waals surface area contributed by atoms with Gasteiger partial charge in [0.1, 0.15) is 0 Å². The zero-order valence-electron chi connectivity index (χ0n) is 22.0. The van der Waals surface area contributed by atoms with Gasteiger partial charge in [0.05, 0.1) is 34.0 Å². The number of para-hydroxylation sites is 1. The van der Waals surface area contributed by atoms with Crippen molar-refractivity contribution in [1.82, 2.24) is 9.88 Å². The number of hydrogen-bond acceptors (Lipinski definition) is 7. The van der Waals surface area contributed by atoms with Gasteiger partial charge in [0, 0.05) is 43.3 Å². The Hall–Kier alpha value is -3.02. The molecule has 3 aromatic carbocycles. The zero-order chi connectivity index (χ0) is 27.9. The fourth-order valence-corrected chi connectivity index (χ4v) is 8.17. The normalized spacial score (nSPS) is 15.9. The monoisotopic (exact) mass is 596 g/mol. The number of amides is 1. The van der Waals surface area contributed by atoms with E-state index in [1.807, 2.05) is 43.3 Å². The number of nitrogens with zero attached hydrogens (tertiary/aromatic N) is 4. The molecule has 6 rings (SSSR count). The summed E-state index contributed by atoms with van der Waals surface area (Å²) in [7, 11) is -3.75. The molecule has 0 bridgehead atoms. The summed E-state index contributed by atoms with van der Waals surface area (Å²) in [6.45, 7) is 6.43. The largest absolute Gasteiger partial charge is 0.379 e. The lowest BCUT2D eigenvalue weighted by molar-refractivity contribution is 0.0391. The lowest BCUT2D eigenvalue weighted by Crippen LogP contribution is -2.43. The molecular weight excluding hydrogens is 568 g/mol. The summed E-state index contributed by atoms with van der Waals surface area (Å²) < 4.78 is 34.8. The molecule has 1 amide bonds. The summed E-state index contributed by atoms with van der Waals surface area (Å²) >= 11 is 7.71. The van der Waals surface area contributed by atoms with E-state index in [9.17, 15) is 13.2 Å². The molecule has 3 heterocycles. The number of aryl methyl sites for hydroxylation is 1. The Kier molecular flexibility index (Phi) is 7.54. The van der Waals surface area contributed by atoms with Crippen LogP contribution >= 0.6 is 22.9 Å². The van der Waals surface area contributed by atoms with Gasteiger partial charge in [-0.2, -0.15) is 0 Å². The van der Waals surface area contributed by atoms with Crippen LogP contribution in [0.25, 0.3) is 10.2 Å². The third-order valence-corrected chi connectivity index (χ3v) is 10.5. The molecule has 2 aliphatic heterocycles. The first-order valence-corrected chi connectivity index (χ1v) is 15.8. The van der Waals surface area contributed by atoms with Gasteiger partial charge < -0.3 is 4.74 Å². The van der Waals surface area contributed by atoms with Crippen LogP contribution in [0, 0.1) is 6.92 Å². The number of morpholine rings is 1. The molecule has 0 aliphatic carbocycles. The summed E-state index contributed by atoms with van der Waals surface area (Å²) in [4.78, 5) is 22.8. The minimum Gasteiger partial charge on any atom is -0.379 e. The highest BCUT2D eigenvalue weighted by molar-refractivity contribution is 7.92. The lowest BCUT2D eigenvalue weighted by Gasteiger charge is -2.29. The number of sulfonamides is 1. The molecule has 0 radical (unpaired) electrons. The highest BCUT2D eigenvalue weighted by Gasteiger charge is 2.31. The molecule has 0 saturated carbocycles. The Labute approximate surface area is 242 Å². The van der Waals surface area contributed by atoms with Crippen molar-refractivity contribution in [2.24, 2.45) is 0 Å². The van der Waals surface area contributed by atoms with Gasteiger partial charge in [-0.1, -0.05) is 41.1 Å². The minimum absolute atomic E-state index is 0.158. The summed E-state index contributed by atoms with van der Waals surface area (Å²) in [5.41, 5.74) is 3.89. The maximum Gasteiger partial charge on any atom is 0.264 e. The SMILES string of the molecule is Cc1cc(Cl)cc2sc(N(CCN3CCOCC3)C(=O)c3ccc(S(=O)(=O)N4CCc5ccccc54)cc3)nc12. The minimum atomic E-state index is -3.75. The Balaban J connectivity index is 1.29. The first-order chi connectivity index (χ1) is 19.3. The van der Waals surface area contributed by atoms with E-state index in [1.54, 1.807) is 17.0 Å². The van der Waals surface area contributed by atoms with Crippen molar-refractivity contribution >= 4 is 59.9 Å². The number of benzene rings is 3. The van der Waals surface area contributed by atoms with Gasteiger partial charge in [0.15, 0.2) is 5.13 Å². The summed E-state index contributed by atoms with van der Waals surface area (Å²) in [5, 5.41) is 1.22. The fraction of sp³-hybridized carbons (Fsp3) is 0.310. The number of ether oxygens (including phenoxy) is 1. The second-order valence-electron chi connectivity index (χ2n) is 9.96. The molecule has 0 atom stereocenters. The number of anilines is 2. The number of fused-ring (bicyclic) bond motifs is 2. The van der Waals surface area contributed by atoms with E-state index in [-0.39, 0.29) is 10.8 Å². The molecule has 0 unspecified atom stereocenters. The first kappa shape index (κ1) is 27.2. The van der Waals surface area contributed by atoms with E-state index in [2.05, 4.69) is 4.90 Å². The van der Waals surface area contributed by atoms with Crippen molar-refractivity contribution in [3.63, 3.8) is 0 Å². The average Bonchev–Trinajstić information content (AvgIpc) is 3.59. The van der Waals surface area contributed by atoms with Gasteiger partial charge >= 0.3 is 0 Å². The third kappa shape index (κ3) is 5.22. The van der Waals surface area contributed by atoms with Crippen LogP contribution in [0.1, 0.15) is 21.5 Å². The number of thiazole rings is 1. The van der Waals surface area contributed by atoms with Gasteiger partial charge in [-0.15, -0.1) is 0 Å². The Morgan fingerprint density at radius 1 is 1.07 bits per heavy atom. The van der Waals surface area contributed by atoms with Crippen molar-refractivity contribution < 1.29 is 17.9 Å². The highest BCUT2D eigenvalue weighted by atomic mass is 35.5. The van der Waals surface area contributed by atoms with Crippen molar-refractivity contribution in [2.45, 2.75) is 18.2 Å². The Morgan fingerprint density at radius 2 is 1.82 bits per heavy atom. The molecular formula is C29H29ClN4O4S2. The standard InChI is InChI=1S/C29H29ClN4O4S2/c1-20-18-23(30)19-26-27(20)31-29(39-26)33(13-12-32-14-16-38-17-15-32)28(35)22-6-8-24(9-7-22)40(36,37)34-11-10-21-4-2-3-5-25(21)34/h2-9,18-19H,10-17H2,1H3. The molecule has 208 valence electrons. The van der Waals surface area contributed by atoms with Crippen LogP contribution in [-0.2, 0) is 21.2 Å². The van der Waals surface area contributed by atoms with E-state index >= 15 is 0 Å². The number of rotatable bonds is 7. The van der Waals surface area contributed by atoms with Crippen molar-refractivity contribution in [2.75, 3.05) is 55.1 Å². The molecule has 1 aromatic heterocycles. The number of halogens is 1. The maximum absolute atomic E-state index is 13.9. The molecule has 0 spiro atoms. The fourth-order valence-electron chi connectivity index (χ4n) is 5.22. The lowest BCUT2D eigenvalue weighted by atomic mass is 10.2. The summed E-state index contributed by atoms with van der Waals surface area (Å²) in [5.74, 6) is -0.230. The van der Waals surface area contributed by atoms with Crippen LogP contribution in [0.5, 0.6) is 0 Å². The van der Waals surface area contributed by atoms with Crippen LogP contribution in [0.4, 0.5) is 10.8 Å². The Bertz CT molecular complexity index is 1670. The highest BCUT2D eigenvalue weighted by Crippen LogP contribution is 2.35. The molecule has 40 heavy (non-hydrogen) atoms. The van der Waals surface area contributed by atoms with Crippen LogP contribution in [-0.4, -0.2) is 70.1 Å². The molecule has 0 N–H and O–H groups in total. The molecule has 8 nitrogen and oxygen atoms in total. The zero-order valence-corrected chi connectivity index (χ0v) is 24.4. The number of hydrogen-bond donors (Lipinski definition) is 0. The van der Waals surface area contributed by atoms with Crippen molar-refractivity contribution in [3.8, 4) is 0 Å². The second kappa shape index (κ2) is 11.1. The third-order valence-electron chi connectivity index (χ3n) is 7.39. The summed E-state index contributed by atoms with van der Waals surface area (Å²) in [6, 6.07) is 17.5. The molecule has 1 saturated heterocycles. The first-order valence-electron chi connectivity index (χ1n) is 13.2. The number of aromatic nitrogens is 1. The second-order valence-corrected chi connectivity index (χ2v) is 13.3. The van der Waals surface area contributed by atoms with Crippen LogP contribution in [0.2, 0.25) is 5.02 Å². The Morgan fingerprint density at radius 3 is 2.60 bits per heavy atom. The van der Waals surface area contributed by atoms with Gasteiger partial charge in [-0.3, -0.25) is 18.9 Å². The van der Waals surface area contributed by atoms with E-state index in [1.165, 1.54) is 27.8 Å². The predicted octanol–water partition coefficient (Wildman–Crippen LogP) is 4.99. The van der Waals surface area contributed by atoms with Crippen molar-refractivity contribution in [3.05, 3.63) is 82.4 Å². The van der Waals surface area contributed by atoms with Gasteiger partial charge in [-0.25, -0.2) is 13.4 Å². The molecule has 4 aromatic rings. The smallest absolute Gasteiger partial charge is 0.264 e. The van der Waals surface area contributed by atoms with E-state index in [4.69, 9.17) is 21.3 Å². The van der Waals surface area contributed by atoms with Crippen molar-refractivity contribution in [1.29, 1.82) is 0 Å².